The molecule has 2 heterocycles. The Labute approximate surface area is 135 Å². The molecular weight excluding hydrogens is 292 g/mol. The second-order valence-corrected chi connectivity index (χ2v) is 7.03. The van der Waals surface area contributed by atoms with Crippen LogP contribution in [0.2, 0.25) is 0 Å². The molecule has 0 fully saturated rings. The Morgan fingerprint density at radius 1 is 1.14 bits per heavy atom. The Kier molecular flexibility index (Phi) is 4.93. The zero-order chi connectivity index (χ0) is 15.4. The van der Waals surface area contributed by atoms with Crippen LogP contribution in [0.1, 0.15) is 21.7 Å². The summed E-state index contributed by atoms with van der Waals surface area (Å²) in [6.07, 6.45) is 2.92. The molecular formula is C18H22N2OS. The number of aliphatic hydroxyl groups excluding tert-OH is 1. The van der Waals surface area contributed by atoms with E-state index in [0.29, 0.717) is 0 Å². The fraction of sp³-hybridized carbons (Fsp3) is 0.333. The van der Waals surface area contributed by atoms with Crippen LogP contribution in [-0.2, 0) is 13.1 Å². The average Bonchev–Trinajstić information content (AvgIpc) is 3.12. The largest absolute Gasteiger partial charge is 0.396 e. The van der Waals surface area contributed by atoms with Crippen molar-refractivity contribution in [1.82, 2.24) is 9.88 Å². The van der Waals surface area contributed by atoms with Gasteiger partial charge in [0.05, 0.1) is 0 Å². The lowest BCUT2D eigenvalue weighted by Crippen LogP contribution is -2.24. The van der Waals surface area contributed by atoms with Gasteiger partial charge in [0.2, 0.25) is 0 Å². The van der Waals surface area contributed by atoms with Crippen LogP contribution in [0.15, 0.2) is 42.6 Å². The molecule has 3 nitrogen and oxygen atoms in total. The predicted octanol–water partition coefficient (Wildman–Crippen LogP) is 3.92. The third-order valence-corrected chi connectivity index (χ3v) is 4.86. The minimum Gasteiger partial charge on any atom is -0.396 e. The number of benzene rings is 1. The number of thiophene rings is 1. The highest BCUT2D eigenvalue weighted by molar-refractivity contribution is 7.11. The molecule has 0 atom stereocenters. The normalized spacial score (nSPS) is 11.6. The Bertz CT molecular complexity index is 731. The van der Waals surface area contributed by atoms with E-state index in [4.69, 9.17) is 5.11 Å². The van der Waals surface area contributed by atoms with Gasteiger partial charge in [-0.3, -0.25) is 4.90 Å². The maximum Gasteiger partial charge on any atom is 0.0457 e. The highest BCUT2D eigenvalue weighted by atomic mass is 32.1. The molecule has 0 bridgehead atoms. The van der Waals surface area contributed by atoms with Gasteiger partial charge in [-0.2, -0.15) is 0 Å². The van der Waals surface area contributed by atoms with E-state index in [-0.39, 0.29) is 6.61 Å². The summed E-state index contributed by atoms with van der Waals surface area (Å²) in [5.41, 5.74) is 2.51. The molecule has 116 valence electrons. The van der Waals surface area contributed by atoms with Crippen molar-refractivity contribution in [3.05, 3.63) is 57.9 Å². The molecule has 3 rings (SSSR count). The average molecular weight is 314 g/mol. The lowest BCUT2D eigenvalue weighted by Gasteiger charge is -2.21. The number of aryl methyl sites for hydroxylation is 1. The molecule has 0 saturated carbocycles. The van der Waals surface area contributed by atoms with E-state index in [0.717, 1.165) is 26.1 Å². The molecule has 0 spiro atoms. The third-order valence-electron chi connectivity index (χ3n) is 3.88. The number of rotatable bonds is 7. The first-order valence-corrected chi connectivity index (χ1v) is 8.51. The summed E-state index contributed by atoms with van der Waals surface area (Å²) >= 11 is 1.85. The first-order chi connectivity index (χ1) is 10.8. The maximum atomic E-state index is 9.15. The second kappa shape index (κ2) is 7.09. The molecule has 2 N–H and O–H groups in total. The van der Waals surface area contributed by atoms with E-state index in [1.807, 2.05) is 11.3 Å². The van der Waals surface area contributed by atoms with E-state index in [1.54, 1.807) is 0 Å². The monoisotopic (exact) mass is 314 g/mol. The van der Waals surface area contributed by atoms with Gasteiger partial charge in [0, 0.05) is 53.1 Å². The fourth-order valence-corrected chi connectivity index (χ4v) is 3.74. The van der Waals surface area contributed by atoms with Gasteiger partial charge >= 0.3 is 0 Å². The molecule has 0 aliphatic rings. The van der Waals surface area contributed by atoms with E-state index < -0.39 is 0 Å². The minimum absolute atomic E-state index is 0.244. The zero-order valence-electron chi connectivity index (χ0n) is 12.9. The van der Waals surface area contributed by atoms with Gasteiger partial charge in [-0.1, -0.05) is 18.2 Å². The van der Waals surface area contributed by atoms with Gasteiger partial charge in [-0.15, -0.1) is 11.3 Å². The van der Waals surface area contributed by atoms with Crippen LogP contribution in [0.5, 0.6) is 0 Å². The number of para-hydroxylation sites is 1. The van der Waals surface area contributed by atoms with Gasteiger partial charge in [0.25, 0.3) is 0 Å². The van der Waals surface area contributed by atoms with Crippen LogP contribution >= 0.6 is 11.3 Å². The topological polar surface area (TPSA) is 39.3 Å². The van der Waals surface area contributed by atoms with Gasteiger partial charge < -0.3 is 10.1 Å². The van der Waals surface area contributed by atoms with Gasteiger partial charge in [0.1, 0.15) is 0 Å². The van der Waals surface area contributed by atoms with Crippen molar-refractivity contribution in [2.45, 2.75) is 26.4 Å². The van der Waals surface area contributed by atoms with Crippen LogP contribution in [0, 0.1) is 6.92 Å². The number of H-pyrrole nitrogens is 1. The van der Waals surface area contributed by atoms with Gasteiger partial charge in [0.15, 0.2) is 0 Å². The summed E-state index contributed by atoms with van der Waals surface area (Å²) < 4.78 is 0. The van der Waals surface area contributed by atoms with Crippen LogP contribution in [0.25, 0.3) is 10.9 Å². The van der Waals surface area contributed by atoms with Gasteiger partial charge in [-0.05, 0) is 37.1 Å². The number of aromatic amines is 1. The summed E-state index contributed by atoms with van der Waals surface area (Å²) in [5.74, 6) is 0. The summed E-state index contributed by atoms with van der Waals surface area (Å²) in [6, 6.07) is 12.8. The van der Waals surface area contributed by atoms with E-state index >= 15 is 0 Å². The lowest BCUT2D eigenvalue weighted by molar-refractivity contribution is 0.214. The molecule has 22 heavy (non-hydrogen) atoms. The number of hydrogen-bond donors (Lipinski definition) is 2. The predicted molar refractivity (Wildman–Crippen MR) is 93.2 cm³/mol. The number of nitrogens with zero attached hydrogens (tertiary/aromatic N) is 1. The Morgan fingerprint density at radius 2 is 2.00 bits per heavy atom. The molecule has 0 radical (unpaired) electrons. The van der Waals surface area contributed by atoms with Crippen LogP contribution in [0.3, 0.4) is 0 Å². The Morgan fingerprint density at radius 3 is 2.77 bits per heavy atom. The van der Waals surface area contributed by atoms with Crippen LogP contribution < -0.4 is 0 Å². The third kappa shape index (κ3) is 3.58. The molecule has 0 saturated heterocycles. The quantitative estimate of drug-likeness (QED) is 0.694. The number of fused-ring (bicyclic) bond motifs is 1. The molecule has 0 unspecified atom stereocenters. The standard InChI is InChI=1S/C18H22N2OS/c1-14-7-8-16(22-14)13-20(9-4-10-21)12-15-11-19-18-6-3-2-5-17(15)18/h2-3,5-8,11,19,21H,4,9-10,12-13H2,1H3. The highest BCUT2D eigenvalue weighted by Gasteiger charge is 2.11. The van der Waals surface area contributed by atoms with E-state index in [9.17, 15) is 0 Å². The van der Waals surface area contributed by atoms with Crippen molar-refractivity contribution in [3.8, 4) is 0 Å². The summed E-state index contributed by atoms with van der Waals surface area (Å²) in [7, 11) is 0. The van der Waals surface area contributed by atoms with Crippen LogP contribution in [0.4, 0.5) is 0 Å². The number of hydrogen-bond acceptors (Lipinski definition) is 3. The summed E-state index contributed by atoms with van der Waals surface area (Å²) in [4.78, 5) is 8.49. The van der Waals surface area contributed by atoms with Crippen molar-refractivity contribution < 1.29 is 5.11 Å². The molecule has 3 aromatic rings. The smallest absolute Gasteiger partial charge is 0.0457 e. The Balaban J connectivity index is 1.77. The van der Waals surface area contributed by atoms with Gasteiger partial charge in [-0.25, -0.2) is 0 Å². The molecule has 1 aromatic carbocycles. The summed E-state index contributed by atoms with van der Waals surface area (Å²) in [6.45, 7) is 5.14. The molecule has 0 amide bonds. The van der Waals surface area contributed by atoms with E-state index in [1.165, 1.54) is 26.2 Å². The SMILES string of the molecule is Cc1ccc(CN(CCCO)Cc2c[nH]c3ccccc23)s1. The highest BCUT2D eigenvalue weighted by Crippen LogP contribution is 2.22. The van der Waals surface area contributed by atoms with Crippen molar-refractivity contribution >= 4 is 22.2 Å². The molecule has 0 aliphatic heterocycles. The van der Waals surface area contributed by atoms with Crippen molar-refractivity contribution in [2.24, 2.45) is 0 Å². The van der Waals surface area contributed by atoms with Crippen molar-refractivity contribution in [3.63, 3.8) is 0 Å². The first-order valence-electron chi connectivity index (χ1n) is 7.70. The Hall–Kier alpha value is -1.62. The van der Waals surface area contributed by atoms with E-state index in [2.05, 4.69) is 59.4 Å². The number of aliphatic hydroxyl groups is 1. The lowest BCUT2D eigenvalue weighted by atomic mass is 10.1. The molecule has 2 aromatic heterocycles. The van der Waals surface area contributed by atoms with Crippen LogP contribution in [-0.4, -0.2) is 28.1 Å². The first kappa shape index (κ1) is 15.3. The second-order valence-electron chi connectivity index (χ2n) is 5.66. The number of nitrogens with one attached hydrogen (secondary N) is 1. The minimum atomic E-state index is 0.244. The molecule has 0 aliphatic carbocycles. The zero-order valence-corrected chi connectivity index (χ0v) is 13.7. The fourth-order valence-electron chi connectivity index (χ4n) is 2.80. The molecule has 4 heteroatoms. The summed E-state index contributed by atoms with van der Waals surface area (Å²) in [5, 5.41) is 10.4. The maximum absolute atomic E-state index is 9.15. The van der Waals surface area contributed by atoms with Crippen molar-refractivity contribution in [2.75, 3.05) is 13.2 Å². The number of aromatic nitrogens is 1. The van der Waals surface area contributed by atoms with Crippen molar-refractivity contribution in [1.29, 1.82) is 0 Å².